The third-order valence-corrected chi connectivity index (χ3v) is 7.46. The summed E-state index contributed by atoms with van der Waals surface area (Å²) >= 11 is 7.55. The van der Waals surface area contributed by atoms with Crippen LogP contribution in [0.2, 0.25) is 5.02 Å². The molecule has 0 unspecified atom stereocenters. The highest BCUT2D eigenvalue weighted by Crippen LogP contribution is 2.38. The minimum Gasteiger partial charge on any atom is -0.497 e. The van der Waals surface area contributed by atoms with E-state index in [9.17, 15) is 9.59 Å². The second kappa shape index (κ2) is 12.7. The quantitative estimate of drug-likeness (QED) is 0.310. The molecule has 0 N–H and O–H groups in total. The number of carbonyl (C=O) groups is 1. The number of methoxy groups -OCH3 is 2. The number of hydrogen-bond acceptors (Lipinski definition) is 8. The molecule has 4 rings (SSSR count). The van der Waals surface area contributed by atoms with Crippen LogP contribution in [-0.2, 0) is 9.53 Å². The summed E-state index contributed by atoms with van der Waals surface area (Å²) in [7, 11) is 3.11. The second-order valence-corrected chi connectivity index (χ2v) is 10.8. The van der Waals surface area contributed by atoms with Crippen LogP contribution in [0.25, 0.3) is 6.08 Å². The van der Waals surface area contributed by atoms with Gasteiger partial charge in [0.15, 0.2) is 4.80 Å². The smallest absolute Gasteiger partial charge is 0.338 e. The minimum absolute atomic E-state index is 0.0705. The van der Waals surface area contributed by atoms with Gasteiger partial charge in [-0.05, 0) is 69.7 Å². The molecule has 0 radical (unpaired) electrons. The van der Waals surface area contributed by atoms with E-state index in [0.29, 0.717) is 60.4 Å². The maximum Gasteiger partial charge on any atom is 0.338 e. The summed E-state index contributed by atoms with van der Waals surface area (Å²) in [6.07, 6.45) is 2.96. The van der Waals surface area contributed by atoms with Gasteiger partial charge < -0.3 is 18.9 Å². The van der Waals surface area contributed by atoms with Crippen LogP contribution in [-0.4, -0.2) is 37.5 Å². The molecule has 10 heteroatoms. The molecule has 1 atom stereocenters. The Morgan fingerprint density at radius 1 is 1.12 bits per heavy atom. The number of nitrogens with zero attached hydrogens (tertiary/aromatic N) is 2. The summed E-state index contributed by atoms with van der Waals surface area (Å²) in [6.45, 7) is 7.80. The van der Waals surface area contributed by atoms with Gasteiger partial charge in [0.05, 0.1) is 42.7 Å². The molecule has 0 saturated heterocycles. The predicted octanol–water partition coefficient (Wildman–Crippen LogP) is 5.04. The van der Waals surface area contributed by atoms with Crippen molar-refractivity contribution in [2.45, 2.75) is 52.7 Å². The summed E-state index contributed by atoms with van der Waals surface area (Å²) < 4.78 is 24.6. The van der Waals surface area contributed by atoms with Gasteiger partial charge in [-0.3, -0.25) is 9.36 Å². The molecule has 0 amide bonds. The Bertz CT molecular complexity index is 1620. The monoisotopic (exact) mass is 584 g/mol. The van der Waals surface area contributed by atoms with E-state index in [1.165, 1.54) is 15.9 Å². The van der Waals surface area contributed by atoms with E-state index in [0.717, 1.165) is 6.42 Å². The largest absolute Gasteiger partial charge is 0.497 e. The number of carbonyl (C=O) groups excluding carboxylic acids is 1. The van der Waals surface area contributed by atoms with Crippen LogP contribution in [0, 0.1) is 0 Å². The molecule has 1 aromatic heterocycles. The maximum atomic E-state index is 14.1. The Kier molecular flexibility index (Phi) is 9.37. The number of allylic oxidation sites excluding steroid dienone is 1. The number of rotatable bonds is 10. The van der Waals surface area contributed by atoms with Gasteiger partial charge in [0.1, 0.15) is 23.3 Å². The number of aromatic nitrogens is 1. The van der Waals surface area contributed by atoms with Crippen LogP contribution in [0.5, 0.6) is 17.2 Å². The minimum atomic E-state index is -0.838. The summed E-state index contributed by atoms with van der Waals surface area (Å²) in [5, 5.41) is 0.518. The highest BCUT2D eigenvalue weighted by molar-refractivity contribution is 7.07. The number of benzene rings is 2. The molecule has 2 heterocycles. The van der Waals surface area contributed by atoms with Crippen molar-refractivity contribution in [3.05, 3.63) is 83.5 Å². The lowest BCUT2D eigenvalue weighted by Gasteiger charge is -2.27. The Morgan fingerprint density at radius 3 is 2.52 bits per heavy atom. The highest BCUT2D eigenvalue weighted by Gasteiger charge is 2.36. The standard InChI is InChI=1S/C30H33ClN2O6S/c1-7-9-22-26(29(35)38-8-2)27(21-16-20(36-5)11-13-24(21)37-6)33-28(34)25(40-30(33)32-22)15-18-14-19(31)10-12-23(18)39-17(3)4/h10-17,27H,7-9H2,1-6H3/b25-15-/t27-/m0/s1. The summed E-state index contributed by atoms with van der Waals surface area (Å²) in [5.74, 6) is 1.14. The van der Waals surface area contributed by atoms with E-state index in [1.54, 1.807) is 63.6 Å². The Balaban J connectivity index is 2.05. The molecule has 0 spiro atoms. The van der Waals surface area contributed by atoms with Gasteiger partial charge in [-0.2, -0.15) is 0 Å². The number of thiazole rings is 1. The zero-order valence-electron chi connectivity index (χ0n) is 23.4. The topological polar surface area (TPSA) is 88.4 Å². The van der Waals surface area contributed by atoms with Crippen LogP contribution in [0.4, 0.5) is 0 Å². The first kappa shape index (κ1) is 29.4. The first-order valence-corrected chi connectivity index (χ1v) is 14.3. The summed E-state index contributed by atoms with van der Waals surface area (Å²) in [4.78, 5) is 32.9. The molecule has 3 aromatic rings. The van der Waals surface area contributed by atoms with E-state index >= 15 is 0 Å². The lowest BCUT2D eigenvalue weighted by Crippen LogP contribution is -2.40. The second-order valence-electron chi connectivity index (χ2n) is 9.37. The van der Waals surface area contributed by atoms with E-state index in [1.807, 2.05) is 20.8 Å². The number of hydrogen-bond donors (Lipinski definition) is 0. The first-order chi connectivity index (χ1) is 19.2. The zero-order valence-corrected chi connectivity index (χ0v) is 25.0. The molecule has 212 valence electrons. The highest BCUT2D eigenvalue weighted by atomic mass is 35.5. The summed E-state index contributed by atoms with van der Waals surface area (Å²) in [5.41, 5.74) is 1.83. The number of ether oxygens (including phenoxy) is 4. The Labute approximate surface area is 242 Å². The molecule has 0 saturated carbocycles. The fourth-order valence-electron chi connectivity index (χ4n) is 4.60. The van der Waals surface area contributed by atoms with Gasteiger partial charge in [-0.15, -0.1) is 0 Å². The molecule has 40 heavy (non-hydrogen) atoms. The fourth-order valence-corrected chi connectivity index (χ4v) is 5.79. The average Bonchev–Trinajstić information content (AvgIpc) is 3.23. The van der Waals surface area contributed by atoms with Crippen molar-refractivity contribution in [3.63, 3.8) is 0 Å². The van der Waals surface area contributed by atoms with Crippen molar-refractivity contribution in [1.82, 2.24) is 4.57 Å². The van der Waals surface area contributed by atoms with Gasteiger partial charge in [0, 0.05) is 16.1 Å². The first-order valence-electron chi connectivity index (χ1n) is 13.1. The Hall–Kier alpha value is -3.56. The third kappa shape index (κ3) is 5.95. The number of fused-ring (bicyclic) bond motifs is 1. The zero-order chi connectivity index (χ0) is 29.0. The molecule has 0 bridgehead atoms. The molecular weight excluding hydrogens is 552 g/mol. The SMILES string of the molecule is CCCC1=C(C(=O)OCC)[C@H](c2cc(OC)ccc2OC)n2c(s/c(=C\c3cc(Cl)ccc3OC(C)C)c2=O)=N1. The average molecular weight is 585 g/mol. The van der Waals surface area contributed by atoms with Crippen molar-refractivity contribution in [2.24, 2.45) is 4.99 Å². The van der Waals surface area contributed by atoms with Crippen molar-refractivity contribution < 1.29 is 23.7 Å². The summed E-state index contributed by atoms with van der Waals surface area (Å²) in [6, 6.07) is 9.75. The van der Waals surface area contributed by atoms with Crippen molar-refractivity contribution >= 4 is 35.0 Å². The predicted molar refractivity (Wildman–Crippen MR) is 156 cm³/mol. The van der Waals surface area contributed by atoms with Gasteiger partial charge in [0.25, 0.3) is 5.56 Å². The van der Waals surface area contributed by atoms with E-state index in [-0.39, 0.29) is 18.3 Å². The van der Waals surface area contributed by atoms with E-state index in [4.69, 9.17) is 35.5 Å². The van der Waals surface area contributed by atoms with Crippen molar-refractivity contribution in [2.75, 3.05) is 20.8 Å². The fraction of sp³-hybridized carbons (Fsp3) is 0.367. The van der Waals surface area contributed by atoms with E-state index < -0.39 is 12.0 Å². The molecule has 0 aliphatic carbocycles. The molecule has 2 aromatic carbocycles. The Morgan fingerprint density at radius 2 is 1.88 bits per heavy atom. The van der Waals surface area contributed by atoms with Crippen molar-refractivity contribution in [3.8, 4) is 17.2 Å². The number of halogens is 1. The lowest BCUT2D eigenvalue weighted by molar-refractivity contribution is -0.139. The van der Waals surface area contributed by atoms with Crippen LogP contribution < -0.4 is 29.1 Å². The van der Waals surface area contributed by atoms with Crippen LogP contribution in [0.3, 0.4) is 0 Å². The van der Waals surface area contributed by atoms with Gasteiger partial charge in [-0.1, -0.05) is 36.3 Å². The van der Waals surface area contributed by atoms with Gasteiger partial charge in [-0.25, -0.2) is 9.79 Å². The van der Waals surface area contributed by atoms with Crippen molar-refractivity contribution in [1.29, 1.82) is 0 Å². The normalized spacial score (nSPS) is 15.1. The third-order valence-electron chi connectivity index (χ3n) is 6.24. The number of esters is 1. The van der Waals surface area contributed by atoms with Gasteiger partial charge in [0.2, 0.25) is 0 Å². The lowest BCUT2D eigenvalue weighted by atomic mass is 9.93. The maximum absolute atomic E-state index is 14.1. The molecule has 1 aliphatic rings. The molecule has 0 fully saturated rings. The van der Waals surface area contributed by atoms with Gasteiger partial charge >= 0.3 is 5.97 Å². The molecule has 8 nitrogen and oxygen atoms in total. The van der Waals surface area contributed by atoms with Crippen LogP contribution in [0.15, 0.2) is 57.5 Å². The van der Waals surface area contributed by atoms with Crippen LogP contribution in [0.1, 0.15) is 57.7 Å². The molecular formula is C30H33ClN2O6S. The van der Waals surface area contributed by atoms with E-state index in [2.05, 4.69) is 0 Å². The van der Waals surface area contributed by atoms with Crippen LogP contribution >= 0.6 is 22.9 Å². The molecule has 1 aliphatic heterocycles.